The maximum atomic E-state index is 13.0. The number of hydrogen-bond acceptors (Lipinski definition) is 3. The number of alkyl halides is 3. The van der Waals surface area contributed by atoms with E-state index in [1.165, 1.54) is 18.3 Å². The number of aromatic nitrogens is 1. The molecule has 1 heterocycles. The summed E-state index contributed by atoms with van der Waals surface area (Å²) in [6.45, 7) is 0.270. The SMILES string of the molecule is O=C(Nc1cc[nH]c(=O)c1)c1ccc(C(F)(F)F)cc1OCC1CCCC1. The Bertz CT molecular complexity index is 871. The van der Waals surface area contributed by atoms with Crippen molar-refractivity contribution in [3.05, 3.63) is 58.0 Å². The Labute approximate surface area is 153 Å². The summed E-state index contributed by atoms with van der Waals surface area (Å²) in [5.74, 6) is -0.474. The van der Waals surface area contributed by atoms with Crippen molar-refractivity contribution in [1.29, 1.82) is 0 Å². The zero-order chi connectivity index (χ0) is 19.4. The average Bonchev–Trinajstić information content (AvgIpc) is 3.12. The molecular formula is C19H19F3N2O3. The molecule has 2 N–H and O–H groups in total. The van der Waals surface area contributed by atoms with Gasteiger partial charge in [0.1, 0.15) is 5.75 Å². The molecule has 0 unspecified atom stereocenters. The average molecular weight is 380 g/mol. The van der Waals surface area contributed by atoms with Crippen LogP contribution in [-0.2, 0) is 6.18 Å². The fourth-order valence-corrected chi connectivity index (χ4v) is 3.11. The van der Waals surface area contributed by atoms with E-state index in [1.54, 1.807) is 0 Å². The van der Waals surface area contributed by atoms with Gasteiger partial charge in [-0.3, -0.25) is 9.59 Å². The van der Waals surface area contributed by atoms with Gasteiger partial charge in [0, 0.05) is 18.0 Å². The summed E-state index contributed by atoms with van der Waals surface area (Å²) in [5.41, 5.74) is -1.05. The van der Waals surface area contributed by atoms with Crippen molar-refractivity contribution in [1.82, 2.24) is 4.98 Å². The third-order valence-electron chi connectivity index (χ3n) is 4.54. The molecule has 0 saturated heterocycles. The lowest BCUT2D eigenvalue weighted by Crippen LogP contribution is -2.18. The van der Waals surface area contributed by atoms with Crippen molar-refractivity contribution in [2.45, 2.75) is 31.9 Å². The summed E-state index contributed by atoms with van der Waals surface area (Å²) in [4.78, 5) is 26.3. The van der Waals surface area contributed by atoms with Gasteiger partial charge in [-0.15, -0.1) is 0 Å². The molecule has 1 fully saturated rings. The van der Waals surface area contributed by atoms with Crippen LogP contribution in [0.5, 0.6) is 5.75 Å². The Morgan fingerprint density at radius 1 is 1.19 bits per heavy atom. The van der Waals surface area contributed by atoms with E-state index in [4.69, 9.17) is 4.74 Å². The van der Waals surface area contributed by atoms with Crippen LogP contribution in [0.3, 0.4) is 0 Å². The lowest BCUT2D eigenvalue weighted by Gasteiger charge is -2.17. The second-order valence-corrected chi connectivity index (χ2v) is 6.57. The van der Waals surface area contributed by atoms with E-state index in [9.17, 15) is 22.8 Å². The standard InChI is InChI=1S/C19H19F3N2O3/c20-19(21,22)13-5-6-15(16(9-13)27-11-12-3-1-2-4-12)18(26)24-14-7-8-23-17(25)10-14/h5-10,12H,1-4,11H2,(H2,23,24,25,26). The second-order valence-electron chi connectivity index (χ2n) is 6.57. The van der Waals surface area contributed by atoms with Crippen LogP contribution in [0.1, 0.15) is 41.6 Å². The fraction of sp³-hybridized carbons (Fsp3) is 0.368. The predicted octanol–water partition coefficient (Wildman–Crippen LogP) is 4.22. The molecule has 1 aromatic heterocycles. The van der Waals surface area contributed by atoms with Gasteiger partial charge in [-0.05, 0) is 43.0 Å². The minimum atomic E-state index is -4.53. The lowest BCUT2D eigenvalue weighted by atomic mass is 10.1. The van der Waals surface area contributed by atoms with Crippen molar-refractivity contribution < 1.29 is 22.7 Å². The highest BCUT2D eigenvalue weighted by Gasteiger charge is 2.32. The number of aromatic amines is 1. The largest absolute Gasteiger partial charge is 0.492 e. The highest BCUT2D eigenvalue weighted by molar-refractivity contribution is 6.06. The normalized spacial score (nSPS) is 14.9. The number of carbonyl (C=O) groups excluding carboxylic acids is 1. The third kappa shape index (κ3) is 4.90. The quantitative estimate of drug-likeness (QED) is 0.816. The molecule has 0 spiro atoms. The minimum absolute atomic E-state index is 0.0127. The molecule has 5 nitrogen and oxygen atoms in total. The molecule has 2 aromatic rings. The summed E-state index contributed by atoms with van der Waals surface area (Å²) in [7, 11) is 0. The van der Waals surface area contributed by atoms with Gasteiger partial charge in [0.25, 0.3) is 5.91 Å². The number of pyridine rings is 1. The molecule has 0 radical (unpaired) electrons. The monoisotopic (exact) mass is 380 g/mol. The first-order chi connectivity index (χ1) is 12.8. The zero-order valence-corrected chi connectivity index (χ0v) is 14.4. The summed E-state index contributed by atoms with van der Waals surface area (Å²) >= 11 is 0. The maximum absolute atomic E-state index is 13.0. The van der Waals surface area contributed by atoms with Crippen LogP contribution in [0.4, 0.5) is 18.9 Å². The van der Waals surface area contributed by atoms with Crippen LogP contribution in [0, 0.1) is 5.92 Å². The number of halogens is 3. The molecule has 1 aliphatic rings. The number of benzene rings is 1. The van der Waals surface area contributed by atoms with Crippen molar-refractivity contribution in [2.75, 3.05) is 11.9 Å². The van der Waals surface area contributed by atoms with Crippen LogP contribution in [0.2, 0.25) is 0 Å². The molecular weight excluding hydrogens is 361 g/mol. The number of hydrogen-bond donors (Lipinski definition) is 2. The van der Waals surface area contributed by atoms with Gasteiger partial charge < -0.3 is 15.0 Å². The molecule has 144 valence electrons. The molecule has 1 aromatic carbocycles. The molecule has 1 aliphatic carbocycles. The van der Waals surface area contributed by atoms with Gasteiger partial charge >= 0.3 is 6.18 Å². The molecule has 1 amide bonds. The Balaban J connectivity index is 1.84. The Morgan fingerprint density at radius 2 is 1.93 bits per heavy atom. The Hall–Kier alpha value is -2.77. The van der Waals surface area contributed by atoms with Crippen molar-refractivity contribution in [3.8, 4) is 5.75 Å². The summed E-state index contributed by atoms with van der Waals surface area (Å²) in [5, 5.41) is 2.51. The minimum Gasteiger partial charge on any atom is -0.492 e. The summed E-state index contributed by atoms with van der Waals surface area (Å²) in [6.07, 6.45) is 0.912. The van der Waals surface area contributed by atoms with E-state index in [1.807, 2.05) is 0 Å². The second kappa shape index (κ2) is 7.85. The molecule has 1 saturated carbocycles. The van der Waals surface area contributed by atoms with Crippen molar-refractivity contribution in [2.24, 2.45) is 5.92 Å². The summed E-state index contributed by atoms with van der Waals surface area (Å²) < 4.78 is 44.7. The molecule has 0 atom stereocenters. The van der Waals surface area contributed by atoms with E-state index in [0.29, 0.717) is 0 Å². The van der Waals surface area contributed by atoms with Crippen LogP contribution in [0.15, 0.2) is 41.3 Å². The van der Waals surface area contributed by atoms with E-state index in [0.717, 1.165) is 43.9 Å². The predicted molar refractivity (Wildman–Crippen MR) is 93.9 cm³/mol. The molecule has 0 bridgehead atoms. The zero-order valence-electron chi connectivity index (χ0n) is 14.4. The number of carbonyl (C=O) groups is 1. The first-order valence-electron chi connectivity index (χ1n) is 8.67. The Morgan fingerprint density at radius 3 is 2.59 bits per heavy atom. The van der Waals surface area contributed by atoms with Crippen LogP contribution < -0.4 is 15.6 Å². The highest BCUT2D eigenvalue weighted by Crippen LogP contribution is 2.34. The number of anilines is 1. The highest BCUT2D eigenvalue weighted by atomic mass is 19.4. The summed E-state index contributed by atoms with van der Waals surface area (Å²) in [6, 6.07) is 5.44. The van der Waals surface area contributed by atoms with Gasteiger partial charge in [-0.25, -0.2) is 0 Å². The van der Waals surface area contributed by atoms with Crippen LogP contribution in [-0.4, -0.2) is 17.5 Å². The lowest BCUT2D eigenvalue weighted by molar-refractivity contribution is -0.137. The van der Waals surface area contributed by atoms with E-state index >= 15 is 0 Å². The molecule has 8 heteroatoms. The van der Waals surface area contributed by atoms with E-state index < -0.39 is 23.2 Å². The van der Waals surface area contributed by atoms with Crippen LogP contribution >= 0.6 is 0 Å². The number of ether oxygens (including phenoxy) is 1. The number of H-pyrrole nitrogens is 1. The molecule has 0 aliphatic heterocycles. The fourth-order valence-electron chi connectivity index (χ4n) is 3.11. The molecule has 27 heavy (non-hydrogen) atoms. The maximum Gasteiger partial charge on any atom is 0.416 e. The van der Waals surface area contributed by atoms with Gasteiger partial charge in [-0.1, -0.05) is 12.8 Å². The van der Waals surface area contributed by atoms with Gasteiger partial charge in [-0.2, -0.15) is 13.2 Å². The Kier molecular flexibility index (Phi) is 5.53. The van der Waals surface area contributed by atoms with Gasteiger partial charge in [0.15, 0.2) is 0 Å². The number of amides is 1. The number of rotatable bonds is 5. The first kappa shape index (κ1) is 19.0. The van der Waals surface area contributed by atoms with Crippen molar-refractivity contribution in [3.63, 3.8) is 0 Å². The topological polar surface area (TPSA) is 71.2 Å². The van der Waals surface area contributed by atoms with Crippen LogP contribution in [0.25, 0.3) is 0 Å². The van der Waals surface area contributed by atoms with Gasteiger partial charge in [0.2, 0.25) is 5.56 Å². The smallest absolute Gasteiger partial charge is 0.416 e. The van der Waals surface area contributed by atoms with Gasteiger partial charge in [0.05, 0.1) is 17.7 Å². The van der Waals surface area contributed by atoms with Crippen molar-refractivity contribution >= 4 is 11.6 Å². The third-order valence-corrected chi connectivity index (χ3v) is 4.54. The molecule has 3 rings (SSSR count). The first-order valence-corrected chi connectivity index (χ1v) is 8.67. The van der Waals surface area contributed by atoms with E-state index in [-0.39, 0.29) is 29.5 Å². The van der Waals surface area contributed by atoms with E-state index in [2.05, 4.69) is 10.3 Å². The number of nitrogens with one attached hydrogen (secondary N) is 2.